The zero-order valence-electron chi connectivity index (χ0n) is 11.3. The molecular formula is C13H22N2O2. The Kier molecular flexibility index (Phi) is 3.96. The fraction of sp³-hybridized carbons (Fsp3) is 0.692. The lowest BCUT2D eigenvalue weighted by Crippen LogP contribution is -2.36. The molecule has 0 saturated heterocycles. The molecule has 0 aromatic carbocycles. The van der Waals surface area contributed by atoms with Crippen LogP contribution in [0, 0.1) is 11.3 Å². The molecule has 17 heavy (non-hydrogen) atoms. The number of aromatic nitrogens is 2. The summed E-state index contributed by atoms with van der Waals surface area (Å²) in [4.78, 5) is 11.4. The number of carboxylic acids is 1. The van der Waals surface area contributed by atoms with Crippen LogP contribution in [0.1, 0.15) is 39.1 Å². The van der Waals surface area contributed by atoms with Gasteiger partial charge in [-0.05, 0) is 25.3 Å². The highest BCUT2D eigenvalue weighted by Gasteiger charge is 2.37. The van der Waals surface area contributed by atoms with Crippen molar-refractivity contribution in [3.8, 4) is 0 Å². The zero-order valence-corrected chi connectivity index (χ0v) is 11.3. The van der Waals surface area contributed by atoms with Gasteiger partial charge < -0.3 is 5.11 Å². The van der Waals surface area contributed by atoms with E-state index in [1.54, 1.807) is 11.6 Å². The number of rotatable bonds is 5. The number of carbonyl (C=O) groups is 1. The lowest BCUT2D eigenvalue weighted by atomic mass is 9.75. The van der Waals surface area contributed by atoms with Crippen molar-refractivity contribution in [2.75, 3.05) is 0 Å². The Morgan fingerprint density at radius 3 is 2.53 bits per heavy atom. The summed E-state index contributed by atoms with van der Waals surface area (Å²) in [6.45, 7) is 7.75. The number of hydrogen-bond acceptors (Lipinski definition) is 2. The number of aryl methyl sites for hydroxylation is 2. The van der Waals surface area contributed by atoms with Crippen LogP contribution in [0.4, 0.5) is 0 Å². The molecule has 0 aliphatic rings. The van der Waals surface area contributed by atoms with Crippen LogP contribution in [-0.4, -0.2) is 20.9 Å². The third kappa shape index (κ3) is 2.68. The topological polar surface area (TPSA) is 55.1 Å². The highest BCUT2D eigenvalue weighted by Crippen LogP contribution is 2.31. The largest absolute Gasteiger partial charge is 0.481 e. The zero-order chi connectivity index (χ0) is 13.2. The van der Waals surface area contributed by atoms with Gasteiger partial charge in [0.05, 0.1) is 11.1 Å². The first-order chi connectivity index (χ1) is 7.81. The molecule has 96 valence electrons. The minimum Gasteiger partial charge on any atom is -0.481 e. The molecule has 4 heteroatoms. The second-order valence-electron chi connectivity index (χ2n) is 5.16. The highest BCUT2D eigenvalue weighted by atomic mass is 16.4. The molecule has 1 unspecified atom stereocenters. The van der Waals surface area contributed by atoms with Crippen LogP contribution in [0.5, 0.6) is 0 Å². The molecule has 1 rings (SSSR count). The average Bonchev–Trinajstić information content (AvgIpc) is 2.58. The molecule has 1 aromatic rings. The lowest BCUT2D eigenvalue weighted by Gasteiger charge is -2.28. The van der Waals surface area contributed by atoms with Gasteiger partial charge in [-0.25, -0.2) is 0 Å². The molecule has 1 aromatic heterocycles. The Balaban J connectivity index is 3.02. The van der Waals surface area contributed by atoms with Crippen molar-refractivity contribution in [3.63, 3.8) is 0 Å². The van der Waals surface area contributed by atoms with Gasteiger partial charge in [-0.15, -0.1) is 0 Å². The molecule has 0 radical (unpaired) electrons. The lowest BCUT2D eigenvalue weighted by molar-refractivity contribution is -0.150. The first kappa shape index (κ1) is 13.7. The Morgan fingerprint density at radius 2 is 2.18 bits per heavy atom. The average molecular weight is 238 g/mol. The third-order valence-corrected chi connectivity index (χ3v) is 3.70. The third-order valence-electron chi connectivity index (χ3n) is 3.70. The highest BCUT2D eigenvalue weighted by molar-refractivity contribution is 5.74. The minimum absolute atomic E-state index is 0.0833. The van der Waals surface area contributed by atoms with Crippen LogP contribution >= 0.6 is 0 Å². The van der Waals surface area contributed by atoms with Gasteiger partial charge in [0, 0.05) is 19.2 Å². The van der Waals surface area contributed by atoms with E-state index < -0.39 is 11.4 Å². The maximum absolute atomic E-state index is 11.4. The normalized spacial score (nSPS) is 14.9. The predicted octanol–water partition coefficient (Wildman–Crippen LogP) is 2.27. The van der Waals surface area contributed by atoms with Crippen molar-refractivity contribution < 1.29 is 9.90 Å². The van der Waals surface area contributed by atoms with Gasteiger partial charge in [0.1, 0.15) is 0 Å². The van der Waals surface area contributed by atoms with Gasteiger partial charge in [-0.3, -0.25) is 9.48 Å². The summed E-state index contributed by atoms with van der Waals surface area (Å²) < 4.78 is 1.79. The number of nitrogens with zero attached hydrogens (tertiary/aromatic N) is 2. The van der Waals surface area contributed by atoms with E-state index in [9.17, 15) is 9.90 Å². The first-order valence-electron chi connectivity index (χ1n) is 6.06. The molecule has 1 heterocycles. The van der Waals surface area contributed by atoms with Crippen molar-refractivity contribution in [2.24, 2.45) is 18.4 Å². The Bertz CT molecular complexity index is 410. The molecule has 0 bridgehead atoms. The number of carboxylic acid groups (broad SMARTS) is 1. The summed E-state index contributed by atoms with van der Waals surface area (Å²) in [6, 6.07) is 2.00. The van der Waals surface area contributed by atoms with Crippen LogP contribution in [0.15, 0.2) is 6.07 Å². The van der Waals surface area contributed by atoms with Crippen LogP contribution in [0.2, 0.25) is 0 Å². The van der Waals surface area contributed by atoms with E-state index in [0.717, 1.165) is 17.8 Å². The van der Waals surface area contributed by atoms with Crippen molar-refractivity contribution in [1.29, 1.82) is 0 Å². The second-order valence-corrected chi connectivity index (χ2v) is 5.16. The molecule has 4 nitrogen and oxygen atoms in total. The quantitative estimate of drug-likeness (QED) is 0.856. The number of hydrogen-bond donors (Lipinski definition) is 1. The SMILES string of the molecule is CCc1cc(CC(C)(C(=O)O)C(C)C)n(C)n1. The van der Waals surface area contributed by atoms with Crippen LogP contribution < -0.4 is 0 Å². The Morgan fingerprint density at radius 1 is 1.59 bits per heavy atom. The van der Waals surface area contributed by atoms with E-state index in [4.69, 9.17) is 0 Å². The maximum Gasteiger partial charge on any atom is 0.310 e. The van der Waals surface area contributed by atoms with Crippen molar-refractivity contribution >= 4 is 5.97 Å². The molecule has 0 aliphatic heterocycles. The van der Waals surface area contributed by atoms with Crippen LogP contribution in [0.3, 0.4) is 0 Å². The second kappa shape index (κ2) is 4.90. The monoisotopic (exact) mass is 238 g/mol. The van der Waals surface area contributed by atoms with E-state index in [0.29, 0.717) is 6.42 Å². The van der Waals surface area contributed by atoms with Crippen molar-refractivity contribution in [2.45, 2.75) is 40.5 Å². The summed E-state index contributed by atoms with van der Waals surface area (Å²) in [7, 11) is 1.87. The fourth-order valence-corrected chi connectivity index (χ4v) is 1.81. The maximum atomic E-state index is 11.4. The van der Waals surface area contributed by atoms with E-state index in [-0.39, 0.29) is 5.92 Å². The van der Waals surface area contributed by atoms with Gasteiger partial charge in [-0.1, -0.05) is 20.8 Å². The standard InChI is InChI=1S/C13H22N2O2/c1-6-10-7-11(15(5)14-10)8-13(4,9(2)3)12(16)17/h7,9H,6,8H2,1-5H3,(H,16,17). The summed E-state index contributed by atoms with van der Waals surface area (Å²) in [6.07, 6.45) is 1.39. The van der Waals surface area contributed by atoms with Crippen LogP contribution in [0.25, 0.3) is 0 Å². The summed E-state index contributed by atoms with van der Waals surface area (Å²) in [5.74, 6) is -0.660. The van der Waals surface area contributed by atoms with E-state index in [1.807, 2.05) is 33.9 Å². The molecule has 0 fully saturated rings. The molecular weight excluding hydrogens is 216 g/mol. The predicted molar refractivity (Wildman–Crippen MR) is 66.9 cm³/mol. The Labute approximate surface area is 103 Å². The van der Waals surface area contributed by atoms with Gasteiger partial charge in [0.15, 0.2) is 0 Å². The summed E-state index contributed by atoms with van der Waals surface area (Å²) in [5.41, 5.74) is 1.26. The number of aliphatic carboxylic acids is 1. The van der Waals surface area contributed by atoms with Gasteiger partial charge in [-0.2, -0.15) is 5.10 Å². The fourth-order valence-electron chi connectivity index (χ4n) is 1.81. The molecule has 1 atom stereocenters. The molecule has 0 spiro atoms. The smallest absolute Gasteiger partial charge is 0.310 e. The summed E-state index contributed by atoms with van der Waals surface area (Å²) >= 11 is 0. The molecule has 0 amide bonds. The first-order valence-corrected chi connectivity index (χ1v) is 6.06. The van der Waals surface area contributed by atoms with E-state index in [1.165, 1.54) is 0 Å². The Hall–Kier alpha value is -1.32. The minimum atomic E-state index is -0.744. The van der Waals surface area contributed by atoms with Gasteiger partial charge >= 0.3 is 5.97 Å². The molecule has 1 N–H and O–H groups in total. The van der Waals surface area contributed by atoms with Gasteiger partial charge in [0.25, 0.3) is 0 Å². The van der Waals surface area contributed by atoms with Gasteiger partial charge in [0.2, 0.25) is 0 Å². The molecule has 0 aliphatic carbocycles. The van der Waals surface area contributed by atoms with E-state index >= 15 is 0 Å². The van der Waals surface area contributed by atoms with Crippen LogP contribution in [-0.2, 0) is 24.7 Å². The molecule has 0 saturated carbocycles. The van der Waals surface area contributed by atoms with Crippen molar-refractivity contribution in [3.05, 3.63) is 17.5 Å². The van der Waals surface area contributed by atoms with Crippen molar-refractivity contribution in [1.82, 2.24) is 9.78 Å². The van der Waals surface area contributed by atoms with E-state index in [2.05, 4.69) is 5.10 Å². The summed E-state index contributed by atoms with van der Waals surface area (Å²) in [5, 5.41) is 13.7.